The summed E-state index contributed by atoms with van der Waals surface area (Å²) in [6, 6.07) is 9.16. The van der Waals surface area contributed by atoms with Gasteiger partial charge >= 0.3 is 0 Å². The van der Waals surface area contributed by atoms with Crippen LogP contribution in [0.1, 0.15) is 62.6 Å². The second-order valence-electron chi connectivity index (χ2n) is 12.5. The molecule has 1 aliphatic carbocycles. The number of anilines is 1. The number of carbonyl (C=O) groups excluding carboxylic acids is 3. The summed E-state index contributed by atoms with van der Waals surface area (Å²) < 4.78 is 5.83. The largest absolute Gasteiger partial charge is 0.493 e. The lowest BCUT2D eigenvalue weighted by molar-refractivity contribution is -0.146. The molecule has 0 bridgehead atoms. The molecule has 1 saturated carbocycles. The number of hydrogen-bond acceptors (Lipinski definition) is 6. The highest BCUT2D eigenvalue weighted by Crippen LogP contribution is 2.43. The zero-order chi connectivity index (χ0) is 31.0. The normalized spacial score (nSPS) is 24.3. The van der Waals surface area contributed by atoms with Crippen LogP contribution in [0.3, 0.4) is 0 Å². The number of ether oxygens (including phenoxy) is 1. The Kier molecular flexibility index (Phi) is 9.26. The first-order valence-electron chi connectivity index (χ1n) is 15.8. The number of para-hydroxylation sites is 1. The Morgan fingerprint density at radius 1 is 1.02 bits per heavy atom. The molecule has 0 aromatic heterocycles. The van der Waals surface area contributed by atoms with Crippen molar-refractivity contribution >= 4 is 46.6 Å². The van der Waals surface area contributed by atoms with Crippen molar-refractivity contribution in [3.63, 3.8) is 0 Å². The second kappa shape index (κ2) is 13.2. The Labute approximate surface area is 269 Å². The van der Waals surface area contributed by atoms with Gasteiger partial charge in [0.25, 0.3) is 0 Å². The van der Waals surface area contributed by atoms with Gasteiger partial charge in [-0.15, -0.1) is 0 Å². The number of hydrogen-bond donors (Lipinski definition) is 3. The number of piperazine rings is 1. The maximum atomic E-state index is 14.7. The molecule has 3 heterocycles. The molecule has 0 radical (unpaired) electrons. The van der Waals surface area contributed by atoms with E-state index in [0.29, 0.717) is 42.6 Å². The summed E-state index contributed by atoms with van der Waals surface area (Å²) in [5, 5.41) is 10.4. The first-order chi connectivity index (χ1) is 21.2. The summed E-state index contributed by atoms with van der Waals surface area (Å²) in [4.78, 5) is 46.0. The SMILES string of the molecule is CN[C@@H](C)C(=O)N[C@H](C(=O)N1CC2Cc3cc(Cl)cc(Cl)c3N2C[C@H]1C(=O)N[C@@H]1CCOc2ccccc21)C1CCCCC1. The molecule has 6 rings (SSSR count). The fourth-order valence-corrected chi connectivity index (χ4v) is 7.99. The van der Waals surface area contributed by atoms with Crippen LogP contribution in [0.4, 0.5) is 5.69 Å². The quantitative estimate of drug-likeness (QED) is 0.418. The van der Waals surface area contributed by atoms with Gasteiger partial charge in [-0.2, -0.15) is 0 Å². The average molecular weight is 643 g/mol. The Balaban J connectivity index is 1.32. The minimum atomic E-state index is -0.781. The third-order valence-electron chi connectivity index (χ3n) is 9.82. The Hall–Kier alpha value is -3.01. The number of nitrogens with one attached hydrogen (secondary N) is 3. The lowest BCUT2D eigenvalue weighted by Crippen LogP contribution is -2.67. The Bertz CT molecular complexity index is 1420. The maximum Gasteiger partial charge on any atom is 0.246 e. The van der Waals surface area contributed by atoms with Gasteiger partial charge in [-0.25, -0.2) is 0 Å². The fraction of sp³-hybridized carbons (Fsp3) is 0.545. The summed E-state index contributed by atoms with van der Waals surface area (Å²) in [7, 11) is 1.73. The predicted octanol–water partition coefficient (Wildman–Crippen LogP) is 4.25. The lowest BCUT2D eigenvalue weighted by atomic mass is 9.82. The van der Waals surface area contributed by atoms with Crippen LogP contribution in [0, 0.1) is 5.92 Å². The molecule has 5 atom stereocenters. The average Bonchev–Trinajstić information content (AvgIpc) is 3.40. The smallest absolute Gasteiger partial charge is 0.246 e. The highest BCUT2D eigenvalue weighted by atomic mass is 35.5. The number of carbonyl (C=O) groups is 3. The molecule has 1 saturated heterocycles. The van der Waals surface area contributed by atoms with E-state index in [9.17, 15) is 14.4 Å². The van der Waals surface area contributed by atoms with Gasteiger partial charge in [-0.1, -0.05) is 60.7 Å². The van der Waals surface area contributed by atoms with Crippen LogP contribution in [0.5, 0.6) is 5.75 Å². The van der Waals surface area contributed by atoms with Crippen LogP contribution in [0.2, 0.25) is 10.0 Å². The van der Waals surface area contributed by atoms with E-state index in [2.05, 4.69) is 20.9 Å². The van der Waals surface area contributed by atoms with Gasteiger partial charge in [-0.05, 0) is 62.9 Å². The molecule has 2 aromatic rings. The van der Waals surface area contributed by atoms with Crippen LogP contribution in [0.15, 0.2) is 36.4 Å². The van der Waals surface area contributed by atoms with Gasteiger partial charge in [-0.3, -0.25) is 14.4 Å². The molecule has 3 amide bonds. The molecule has 9 nitrogen and oxygen atoms in total. The molecule has 3 aliphatic heterocycles. The van der Waals surface area contributed by atoms with Crippen LogP contribution in [-0.4, -0.2) is 73.5 Å². The van der Waals surface area contributed by atoms with Gasteiger partial charge in [0.2, 0.25) is 17.7 Å². The van der Waals surface area contributed by atoms with E-state index in [4.69, 9.17) is 27.9 Å². The monoisotopic (exact) mass is 641 g/mol. The summed E-state index contributed by atoms with van der Waals surface area (Å²) in [6.07, 6.45) is 6.18. The van der Waals surface area contributed by atoms with Gasteiger partial charge in [0.15, 0.2) is 0 Å². The van der Waals surface area contributed by atoms with Crippen molar-refractivity contribution in [3.05, 3.63) is 57.6 Å². The number of likely N-dealkylation sites (N-methyl/N-ethyl adjacent to an activating group) is 1. The third-order valence-corrected chi connectivity index (χ3v) is 10.3. The summed E-state index contributed by atoms with van der Waals surface area (Å²) in [6.45, 7) is 2.90. The zero-order valence-corrected chi connectivity index (χ0v) is 26.8. The summed E-state index contributed by atoms with van der Waals surface area (Å²) in [5.74, 6) is 0.138. The summed E-state index contributed by atoms with van der Waals surface area (Å²) >= 11 is 13.1. The molecule has 2 fully saturated rings. The highest BCUT2D eigenvalue weighted by molar-refractivity contribution is 6.36. The third kappa shape index (κ3) is 6.11. The molecule has 4 aliphatic rings. The summed E-state index contributed by atoms with van der Waals surface area (Å²) in [5.41, 5.74) is 2.82. The van der Waals surface area contributed by atoms with Crippen LogP contribution in [0.25, 0.3) is 0 Å². The Morgan fingerprint density at radius 2 is 1.80 bits per heavy atom. The standard InChI is InChI=1S/C33H41Cl2N5O4/c1-19(36-2)31(41)38-29(20-8-4-3-5-9-20)33(43)40-17-23-15-21-14-22(34)16-25(35)30(21)39(23)18-27(40)32(42)37-26-12-13-44-28-11-7-6-10-24(26)28/h6-7,10-11,14,16,19-20,23,26-27,29,36H,3-5,8-9,12-13,15,17-18H2,1-2H3,(H,37,42)(H,38,41)/t19-,23?,26+,27-,29-/m0/s1. The first-order valence-corrected chi connectivity index (χ1v) is 16.6. The minimum absolute atomic E-state index is 0.0161. The van der Waals surface area contributed by atoms with Crippen LogP contribution >= 0.6 is 23.2 Å². The van der Waals surface area contributed by atoms with E-state index in [1.54, 1.807) is 24.9 Å². The fourth-order valence-electron chi connectivity index (χ4n) is 7.35. The minimum Gasteiger partial charge on any atom is -0.493 e. The van der Waals surface area contributed by atoms with Crippen LogP contribution in [-0.2, 0) is 20.8 Å². The lowest BCUT2D eigenvalue weighted by Gasteiger charge is -2.46. The van der Waals surface area contributed by atoms with Gasteiger partial charge in [0.05, 0.1) is 35.4 Å². The molecular formula is C33H41Cl2N5O4. The van der Waals surface area contributed by atoms with E-state index in [0.717, 1.165) is 54.7 Å². The molecular weight excluding hydrogens is 601 g/mol. The number of amides is 3. The van der Waals surface area contributed by atoms with E-state index < -0.39 is 18.1 Å². The van der Waals surface area contributed by atoms with Gasteiger partial charge < -0.3 is 30.5 Å². The molecule has 1 unspecified atom stereocenters. The highest BCUT2D eigenvalue weighted by Gasteiger charge is 2.47. The van der Waals surface area contributed by atoms with Crippen molar-refractivity contribution in [2.75, 3.05) is 31.6 Å². The number of fused-ring (bicyclic) bond motifs is 4. The van der Waals surface area contributed by atoms with E-state index in [1.165, 1.54) is 0 Å². The number of nitrogens with zero attached hydrogens (tertiary/aromatic N) is 2. The van der Waals surface area contributed by atoms with Crippen molar-refractivity contribution < 1.29 is 19.1 Å². The van der Waals surface area contributed by atoms with E-state index in [1.807, 2.05) is 30.3 Å². The number of benzene rings is 2. The predicted molar refractivity (Wildman–Crippen MR) is 171 cm³/mol. The van der Waals surface area contributed by atoms with Crippen molar-refractivity contribution in [1.82, 2.24) is 20.9 Å². The number of halogens is 2. The van der Waals surface area contributed by atoms with E-state index >= 15 is 0 Å². The topological polar surface area (TPSA) is 103 Å². The van der Waals surface area contributed by atoms with Crippen molar-refractivity contribution in [2.45, 2.75) is 82.1 Å². The Morgan fingerprint density at radius 3 is 2.57 bits per heavy atom. The first kappa shape index (κ1) is 31.0. The molecule has 236 valence electrons. The molecule has 0 spiro atoms. The second-order valence-corrected chi connectivity index (χ2v) is 13.4. The molecule has 44 heavy (non-hydrogen) atoms. The van der Waals surface area contributed by atoms with Crippen molar-refractivity contribution in [2.24, 2.45) is 5.92 Å². The van der Waals surface area contributed by atoms with Crippen molar-refractivity contribution in [1.29, 1.82) is 0 Å². The molecule has 2 aromatic carbocycles. The van der Waals surface area contributed by atoms with Gasteiger partial charge in [0.1, 0.15) is 17.8 Å². The van der Waals surface area contributed by atoms with Gasteiger partial charge in [0, 0.05) is 30.1 Å². The molecule has 3 N–H and O–H groups in total. The van der Waals surface area contributed by atoms with Crippen molar-refractivity contribution in [3.8, 4) is 5.75 Å². The van der Waals surface area contributed by atoms with Crippen LogP contribution < -0.4 is 25.6 Å². The zero-order valence-electron chi connectivity index (χ0n) is 25.3. The number of rotatable bonds is 7. The van der Waals surface area contributed by atoms with E-state index in [-0.39, 0.29) is 35.7 Å². The maximum absolute atomic E-state index is 14.7. The molecule has 11 heteroatoms.